The third-order valence-corrected chi connectivity index (χ3v) is 9.38. The number of primary amides is 1. The summed E-state index contributed by atoms with van der Waals surface area (Å²) < 4.78 is 0. The van der Waals surface area contributed by atoms with Crippen molar-refractivity contribution in [1.82, 2.24) is 9.80 Å². The van der Waals surface area contributed by atoms with Gasteiger partial charge in [0.1, 0.15) is 28.7 Å². The number of nitrogens with two attached hydrogens (primary N) is 1. The van der Waals surface area contributed by atoms with E-state index < -0.39 is 58.0 Å². The minimum absolute atomic E-state index is 0.0325. The molecule has 11 heteroatoms. The Balaban J connectivity index is 1.46. The summed E-state index contributed by atoms with van der Waals surface area (Å²) in [6.07, 6.45) is 2.24. The van der Waals surface area contributed by atoms with Gasteiger partial charge in [-0.3, -0.25) is 19.3 Å². The van der Waals surface area contributed by atoms with Crippen LogP contribution in [0.25, 0.3) is 16.9 Å². The fourth-order valence-electron chi connectivity index (χ4n) is 7.31. The lowest BCUT2D eigenvalue weighted by Gasteiger charge is -2.50. The van der Waals surface area contributed by atoms with Gasteiger partial charge in [0.25, 0.3) is 5.91 Å². The number of carbonyl (C=O) groups is 3. The molecule has 43 heavy (non-hydrogen) atoms. The van der Waals surface area contributed by atoms with Gasteiger partial charge in [-0.15, -0.1) is 0 Å². The van der Waals surface area contributed by atoms with Crippen LogP contribution in [-0.2, 0) is 20.8 Å². The normalized spacial score (nSPS) is 28.0. The number of hydrogen-bond donors (Lipinski definition) is 5. The molecule has 6 rings (SSSR count). The van der Waals surface area contributed by atoms with Crippen LogP contribution in [0.5, 0.6) is 5.75 Å². The maximum atomic E-state index is 14.0. The number of amidine groups is 1. The molecule has 1 saturated carbocycles. The Hall–Kier alpha value is -4.48. The van der Waals surface area contributed by atoms with E-state index in [0.717, 1.165) is 42.0 Å². The number of Topliss-reactive ketones (excluding diaryl/α,β-unsaturated/α-hetero) is 2. The van der Waals surface area contributed by atoms with Crippen molar-refractivity contribution in [3.63, 3.8) is 0 Å². The molecule has 224 valence electrons. The van der Waals surface area contributed by atoms with E-state index in [1.165, 1.54) is 11.0 Å². The van der Waals surface area contributed by atoms with E-state index in [4.69, 9.17) is 10.7 Å². The maximum Gasteiger partial charge on any atom is 0.255 e. The first-order chi connectivity index (χ1) is 20.4. The molecule has 3 aliphatic carbocycles. The molecule has 1 amide bonds. The molecule has 0 aromatic heterocycles. The Morgan fingerprint density at radius 1 is 1.09 bits per heavy atom. The number of likely N-dealkylation sites (N-methyl/N-ethyl adjacent to an activating group) is 1. The average molecular weight is 587 g/mol. The number of phenolic OH excluding ortho intramolecular Hbond substituents is 1. The number of aliphatic imine (C=N–C) groups is 1. The van der Waals surface area contributed by atoms with Crippen LogP contribution in [0.4, 0.5) is 5.69 Å². The number of phenols is 1. The molecule has 2 aromatic carbocycles. The highest BCUT2D eigenvalue weighted by Gasteiger charge is 2.64. The fourth-order valence-corrected chi connectivity index (χ4v) is 7.31. The van der Waals surface area contributed by atoms with Gasteiger partial charge < -0.3 is 31.1 Å². The predicted octanol–water partition coefficient (Wildman–Crippen LogP) is 2.39. The number of fused-ring (bicyclic) bond motifs is 3. The van der Waals surface area contributed by atoms with Gasteiger partial charge >= 0.3 is 0 Å². The second-order valence-electron chi connectivity index (χ2n) is 12.0. The summed E-state index contributed by atoms with van der Waals surface area (Å²) in [4.78, 5) is 47.8. The van der Waals surface area contributed by atoms with E-state index in [-0.39, 0.29) is 29.7 Å². The lowest BCUT2D eigenvalue weighted by molar-refractivity contribution is -0.153. The van der Waals surface area contributed by atoms with Crippen molar-refractivity contribution in [2.75, 3.05) is 27.7 Å². The molecular formula is C32H34N4O7. The zero-order valence-electron chi connectivity index (χ0n) is 24.2. The minimum Gasteiger partial charge on any atom is -0.508 e. The Kier molecular flexibility index (Phi) is 6.70. The summed E-state index contributed by atoms with van der Waals surface area (Å²) >= 11 is 0. The highest BCUT2D eigenvalue weighted by atomic mass is 16.3. The van der Waals surface area contributed by atoms with Crippen LogP contribution >= 0.6 is 0 Å². The maximum absolute atomic E-state index is 14.0. The van der Waals surface area contributed by atoms with Crippen LogP contribution in [0.2, 0.25) is 0 Å². The molecule has 1 aliphatic heterocycles. The third-order valence-electron chi connectivity index (χ3n) is 9.38. The quantitative estimate of drug-likeness (QED) is 0.337. The van der Waals surface area contributed by atoms with Crippen molar-refractivity contribution in [2.45, 2.75) is 37.3 Å². The lowest BCUT2D eigenvalue weighted by atomic mass is 9.57. The topological polar surface area (TPSA) is 177 Å². The summed E-state index contributed by atoms with van der Waals surface area (Å²) in [5.74, 6) is -5.69. The zero-order chi connectivity index (χ0) is 31.0. The van der Waals surface area contributed by atoms with E-state index >= 15 is 0 Å². The summed E-state index contributed by atoms with van der Waals surface area (Å²) in [5.41, 5.74) is 4.75. The SMILES string of the molecule is CN1CCCC1=Nc1ccc(-c2ccc(O)c3c2C[C@H]2C[C@H]4[C@@H](N(C)C)C(=O)C(C(N)=O)=C(O)[C@@]4(O)C(=O)C2=C3O)cc1. The van der Waals surface area contributed by atoms with E-state index in [9.17, 15) is 34.8 Å². The van der Waals surface area contributed by atoms with Gasteiger partial charge in [-0.1, -0.05) is 18.2 Å². The number of rotatable bonds is 4. The zero-order valence-corrected chi connectivity index (χ0v) is 24.2. The number of hydrogen-bond acceptors (Lipinski definition) is 9. The largest absolute Gasteiger partial charge is 0.508 e. The average Bonchev–Trinajstić information content (AvgIpc) is 3.35. The Bertz CT molecular complexity index is 1670. The molecule has 2 fully saturated rings. The van der Waals surface area contributed by atoms with Gasteiger partial charge in [0.15, 0.2) is 11.4 Å². The standard InChI is InChI=1S/C32H34N4O7/c1-35(2)26-20-14-16-13-19-18(15-6-8-17(9-7-15)34-22-5-4-12-36(22)3)10-11-21(37)24(19)27(38)23(16)29(40)32(20,43)30(41)25(28(26)39)31(33)42/h6-11,16,20,26,37-38,41,43H,4-5,12-14H2,1-3H3,(H2,33,42)/t16-,20-,26+,32-/m0/s1. The second-order valence-corrected chi connectivity index (χ2v) is 12.0. The van der Waals surface area contributed by atoms with Crippen molar-refractivity contribution < 1.29 is 34.8 Å². The molecule has 0 radical (unpaired) electrons. The van der Waals surface area contributed by atoms with Gasteiger partial charge in [-0.05, 0) is 74.2 Å². The fraction of sp³-hybridized carbons (Fsp3) is 0.375. The van der Waals surface area contributed by atoms with Crippen LogP contribution in [0.3, 0.4) is 0 Å². The molecule has 1 saturated heterocycles. The molecule has 1 heterocycles. The first-order valence-corrected chi connectivity index (χ1v) is 14.2. The number of amides is 1. The molecule has 0 bridgehead atoms. The third kappa shape index (κ3) is 4.17. The monoisotopic (exact) mass is 586 g/mol. The van der Waals surface area contributed by atoms with Crippen LogP contribution in [0.15, 0.2) is 58.3 Å². The van der Waals surface area contributed by atoms with Crippen molar-refractivity contribution in [1.29, 1.82) is 0 Å². The summed E-state index contributed by atoms with van der Waals surface area (Å²) in [7, 11) is 5.16. The number of likely N-dealkylation sites (tertiary alicyclic amines) is 1. The van der Waals surface area contributed by atoms with E-state index in [0.29, 0.717) is 5.56 Å². The number of nitrogens with zero attached hydrogens (tertiary/aromatic N) is 3. The van der Waals surface area contributed by atoms with E-state index in [1.807, 2.05) is 31.3 Å². The molecule has 0 unspecified atom stereocenters. The number of aliphatic hydroxyl groups is 3. The first-order valence-electron chi connectivity index (χ1n) is 14.2. The molecule has 2 aromatic rings. The summed E-state index contributed by atoms with van der Waals surface area (Å²) in [5, 5.41) is 45.1. The summed E-state index contributed by atoms with van der Waals surface area (Å²) in [6.45, 7) is 0.975. The molecule has 4 aliphatic rings. The highest BCUT2D eigenvalue weighted by molar-refractivity contribution is 6.24. The van der Waals surface area contributed by atoms with Gasteiger partial charge in [-0.25, -0.2) is 4.99 Å². The number of aliphatic hydroxyl groups excluding tert-OH is 2. The predicted molar refractivity (Wildman–Crippen MR) is 159 cm³/mol. The van der Waals surface area contributed by atoms with Crippen molar-refractivity contribution in [3.05, 3.63) is 64.4 Å². The second kappa shape index (κ2) is 10.1. The van der Waals surface area contributed by atoms with Crippen LogP contribution in [0.1, 0.15) is 30.4 Å². The van der Waals surface area contributed by atoms with Gasteiger partial charge in [0.2, 0.25) is 5.78 Å². The molecule has 6 N–H and O–H groups in total. The molecule has 0 spiro atoms. The van der Waals surface area contributed by atoms with Crippen molar-refractivity contribution >= 4 is 34.8 Å². The van der Waals surface area contributed by atoms with E-state index in [2.05, 4.69) is 4.90 Å². The van der Waals surface area contributed by atoms with Gasteiger partial charge in [0, 0.05) is 31.5 Å². The van der Waals surface area contributed by atoms with Crippen LogP contribution < -0.4 is 5.73 Å². The number of benzene rings is 2. The molecule has 11 nitrogen and oxygen atoms in total. The molecule has 4 atom stereocenters. The van der Waals surface area contributed by atoms with Gasteiger partial charge in [-0.2, -0.15) is 0 Å². The van der Waals surface area contributed by atoms with Crippen molar-refractivity contribution in [3.8, 4) is 16.9 Å². The van der Waals surface area contributed by atoms with Gasteiger partial charge in [0.05, 0.1) is 17.3 Å². The Morgan fingerprint density at radius 2 is 1.79 bits per heavy atom. The highest BCUT2D eigenvalue weighted by Crippen LogP contribution is 2.53. The first kappa shape index (κ1) is 28.6. The number of aromatic hydroxyl groups is 1. The molecular weight excluding hydrogens is 552 g/mol. The van der Waals surface area contributed by atoms with Crippen molar-refractivity contribution in [2.24, 2.45) is 22.6 Å². The Labute approximate surface area is 248 Å². The van der Waals surface area contributed by atoms with E-state index in [1.54, 1.807) is 20.2 Å². The smallest absolute Gasteiger partial charge is 0.255 e. The number of ketones is 2. The Morgan fingerprint density at radius 3 is 2.40 bits per heavy atom. The summed E-state index contributed by atoms with van der Waals surface area (Å²) in [6, 6.07) is 9.69. The number of carbonyl (C=O) groups excluding carboxylic acids is 3. The van der Waals surface area contributed by atoms with Crippen LogP contribution in [0, 0.1) is 11.8 Å². The lowest BCUT2D eigenvalue weighted by Crippen LogP contribution is -2.65. The van der Waals surface area contributed by atoms with Crippen LogP contribution in [-0.4, -0.2) is 92.9 Å². The minimum atomic E-state index is -2.66.